The lowest BCUT2D eigenvalue weighted by molar-refractivity contribution is -0.121. The highest BCUT2D eigenvalue weighted by atomic mass is 16.1. The van der Waals surface area contributed by atoms with Crippen LogP contribution in [-0.2, 0) is 11.2 Å². The summed E-state index contributed by atoms with van der Waals surface area (Å²) < 4.78 is 0. The minimum atomic E-state index is -0.00329. The normalized spacial score (nSPS) is 19.9. The molecule has 0 aliphatic carbocycles. The second-order valence-electron chi connectivity index (χ2n) is 6.88. The molecule has 0 aromatic carbocycles. The molecule has 1 aromatic heterocycles. The van der Waals surface area contributed by atoms with E-state index in [0.717, 1.165) is 24.6 Å². The summed E-state index contributed by atoms with van der Waals surface area (Å²) in [7, 11) is 0. The fourth-order valence-electron chi connectivity index (χ4n) is 3.04. The van der Waals surface area contributed by atoms with E-state index >= 15 is 0 Å². The van der Waals surface area contributed by atoms with Crippen LogP contribution < -0.4 is 5.32 Å². The van der Waals surface area contributed by atoms with E-state index in [9.17, 15) is 4.79 Å². The van der Waals surface area contributed by atoms with Gasteiger partial charge in [0.25, 0.3) is 0 Å². The zero-order chi connectivity index (χ0) is 16.0. The highest BCUT2D eigenvalue weighted by Gasteiger charge is 2.31. The summed E-state index contributed by atoms with van der Waals surface area (Å²) in [4.78, 5) is 22.5. The number of rotatable bonds is 6. The number of carbonyl (C=O) groups excluding carboxylic acids is 1. The first kappa shape index (κ1) is 16.9. The van der Waals surface area contributed by atoms with Gasteiger partial charge in [0.2, 0.25) is 5.91 Å². The number of amides is 1. The Hall–Kier alpha value is -1.49. The Labute approximate surface area is 133 Å². The lowest BCUT2D eigenvalue weighted by atomic mass is 9.91. The lowest BCUT2D eigenvalue weighted by Crippen LogP contribution is -2.55. The molecule has 2 heterocycles. The van der Waals surface area contributed by atoms with Crippen LogP contribution in [0.15, 0.2) is 18.7 Å². The van der Waals surface area contributed by atoms with Gasteiger partial charge in [-0.1, -0.05) is 13.3 Å². The van der Waals surface area contributed by atoms with Crippen LogP contribution in [0.5, 0.6) is 0 Å². The highest BCUT2D eigenvalue weighted by molar-refractivity contribution is 5.78. The maximum Gasteiger partial charge on any atom is 0.224 e. The second kappa shape index (κ2) is 7.68. The van der Waals surface area contributed by atoms with Crippen LogP contribution in [0, 0.1) is 5.92 Å². The highest BCUT2D eigenvalue weighted by Crippen LogP contribution is 2.25. The van der Waals surface area contributed by atoms with E-state index in [1.165, 1.54) is 25.6 Å². The first-order valence-electron chi connectivity index (χ1n) is 8.27. The molecule has 1 amide bonds. The molecule has 1 atom stereocenters. The molecule has 1 saturated heterocycles. The SMILES string of the molecule is CCC1CCCN(C(C)(C)CNC(=O)Cc2cncnc2)C1. The number of aromatic nitrogens is 2. The molecule has 1 aromatic rings. The maximum absolute atomic E-state index is 12.1. The van der Waals surface area contributed by atoms with Crippen molar-refractivity contribution in [2.75, 3.05) is 19.6 Å². The number of hydrogen-bond acceptors (Lipinski definition) is 4. The molecule has 0 bridgehead atoms. The van der Waals surface area contributed by atoms with Crippen molar-refractivity contribution in [3.8, 4) is 0 Å². The third kappa shape index (κ3) is 4.77. The number of nitrogens with zero attached hydrogens (tertiary/aromatic N) is 3. The average molecular weight is 304 g/mol. The molecule has 1 fully saturated rings. The van der Waals surface area contributed by atoms with E-state index in [1.54, 1.807) is 12.4 Å². The van der Waals surface area contributed by atoms with Gasteiger partial charge in [0, 0.05) is 31.0 Å². The Bertz CT molecular complexity index is 475. The van der Waals surface area contributed by atoms with E-state index in [-0.39, 0.29) is 11.4 Å². The van der Waals surface area contributed by atoms with Gasteiger partial charge in [0.15, 0.2) is 0 Å². The van der Waals surface area contributed by atoms with Crippen LogP contribution in [-0.4, -0.2) is 45.9 Å². The smallest absolute Gasteiger partial charge is 0.224 e. The van der Waals surface area contributed by atoms with Crippen molar-refractivity contribution >= 4 is 5.91 Å². The van der Waals surface area contributed by atoms with Gasteiger partial charge < -0.3 is 5.32 Å². The number of nitrogens with one attached hydrogen (secondary N) is 1. The average Bonchev–Trinajstić information content (AvgIpc) is 2.54. The van der Waals surface area contributed by atoms with Crippen molar-refractivity contribution in [1.29, 1.82) is 0 Å². The first-order valence-corrected chi connectivity index (χ1v) is 8.27. The molecule has 5 nitrogen and oxygen atoms in total. The molecule has 2 rings (SSSR count). The predicted octanol–water partition coefficient (Wildman–Crippen LogP) is 2.04. The van der Waals surface area contributed by atoms with Crippen molar-refractivity contribution in [2.24, 2.45) is 5.92 Å². The number of piperidine rings is 1. The van der Waals surface area contributed by atoms with Crippen LogP contribution >= 0.6 is 0 Å². The van der Waals surface area contributed by atoms with Crippen molar-refractivity contribution in [3.05, 3.63) is 24.3 Å². The minimum Gasteiger partial charge on any atom is -0.354 e. The van der Waals surface area contributed by atoms with Crippen LogP contribution in [0.3, 0.4) is 0 Å². The molecular formula is C17H28N4O. The lowest BCUT2D eigenvalue weighted by Gasteiger charge is -2.43. The van der Waals surface area contributed by atoms with Gasteiger partial charge in [0.1, 0.15) is 6.33 Å². The summed E-state index contributed by atoms with van der Waals surface area (Å²) >= 11 is 0. The zero-order valence-electron chi connectivity index (χ0n) is 14.0. The Morgan fingerprint density at radius 3 is 2.82 bits per heavy atom. The molecule has 1 N–H and O–H groups in total. The monoisotopic (exact) mass is 304 g/mol. The third-order valence-corrected chi connectivity index (χ3v) is 4.65. The van der Waals surface area contributed by atoms with Crippen molar-refractivity contribution in [2.45, 2.75) is 52.0 Å². The summed E-state index contributed by atoms with van der Waals surface area (Å²) in [6, 6.07) is 0. The molecule has 5 heteroatoms. The van der Waals surface area contributed by atoms with E-state index in [2.05, 4.69) is 41.0 Å². The fourth-order valence-corrected chi connectivity index (χ4v) is 3.04. The largest absolute Gasteiger partial charge is 0.354 e. The number of hydrogen-bond donors (Lipinski definition) is 1. The topological polar surface area (TPSA) is 58.1 Å². The van der Waals surface area contributed by atoms with Gasteiger partial charge in [-0.05, 0) is 44.7 Å². The molecule has 0 spiro atoms. The van der Waals surface area contributed by atoms with Crippen LogP contribution in [0.1, 0.15) is 45.6 Å². The van der Waals surface area contributed by atoms with Crippen molar-refractivity contribution < 1.29 is 4.79 Å². The van der Waals surface area contributed by atoms with Crippen molar-refractivity contribution in [1.82, 2.24) is 20.2 Å². The second-order valence-corrected chi connectivity index (χ2v) is 6.88. The fraction of sp³-hybridized carbons (Fsp3) is 0.706. The Balaban J connectivity index is 1.82. The van der Waals surface area contributed by atoms with Crippen LogP contribution in [0.25, 0.3) is 0 Å². The van der Waals surface area contributed by atoms with Gasteiger partial charge in [-0.15, -0.1) is 0 Å². The molecule has 0 saturated carbocycles. The standard InChI is InChI=1S/C17H28N4O/c1-4-14-6-5-7-21(11-14)17(2,3)12-20-16(22)8-15-9-18-13-19-10-15/h9-10,13-14H,4-8,11-12H2,1-3H3,(H,20,22). The molecular weight excluding hydrogens is 276 g/mol. The van der Waals surface area contributed by atoms with Gasteiger partial charge in [-0.3, -0.25) is 9.69 Å². The summed E-state index contributed by atoms with van der Waals surface area (Å²) in [6.45, 7) is 9.66. The quantitative estimate of drug-likeness (QED) is 0.874. The van der Waals surface area contributed by atoms with Crippen LogP contribution in [0.2, 0.25) is 0 Å². The Morgan fingerprint density at radius 2 is 2.14 bits per heavy atom. The summed E-state index contributed by atoms with van der Waals surface area (Å²) in [5.74, 6) is 0.831. The molecule has 1 aliphatic heterocycles. The van der Waals surface area contributed by atoms with Gasteiger partial charge >= 0.3 is 0 Å². The molecule has 22 heavy (non-hydrogen) atoms. The number of carbonyl (C=O) groups is 1. The Morgan fingerprint density at radius 1 is 1.41 bits per heavy atom. The summed E-state index contributed by atoms with van der Waals surface area (Å²) in [5, 5.41) is 3.07. The van der Waals surface area contributed by atoms with E-state index in [4.69, 9.17) is 0 Å². The zero-order valence-corrected chi connectivity index (χ0v) is 14.0. The minimum absolute atomic E-state index is 0.00329. The van der Waals surface area contributed by atoms with Gasteiger partial charge in [-0.25, -0.2) is 9.97 Å². The first-order chi connectivity index (χ1) is 10.5. The molecule has 0 radical (unpaired) electrons. The van der Waals surface area contributed by atoms with Gasteiger partial charge in [0.05, 0.1) is 6.42 Å². The van der Waals surface area contributed by atoms with Crippen LogP contribution in [0.4, 0.5) is 0 Å². The molecule has 122 valence electrons. The van der Waals surface area contributed by atoms with E-state index < -0.39 is 0 Å². The summed E-state index contributed by atoms with van der Waals surface area (Å²) in [5.41, 5.74) is 0.846. The predicted molar refractivity (Wildman–Crippen MR) is 87.4 cm³/mol. The molecule has 1 aliphatic rings. The van der Waals surface area contributed by atoms with E-state index in [1.807, 2.05) is 0 Å². The number of likely N-dealkylation sites (tertiary alicyclic amines) is 1. The van der Waals surface area contributed by atoms with E-state index in [0.29, 0.717) is 13.0 Å². The third-order valence-electron chi connectivity index (χ3n) is 4.65. The summed E-state index contributed by atoms with van der Waals surface area (Å²) in [6.07, 6.45) is 9.04. The maximum atomic E-state index is 12.1. The Kier molecular flexibility index (Phi) is 5.89. The molecule has 1 unspecified atom stereocenters. The van der Waals surface area contributed by atoms with Gasteiger partial charge in [-0.2, -0.15) is 0 Å². The van der Waals surface area contributed by atoms with Crippen molar-refractivity contribution in [3.63, 3.8) is 0 Å².